The first-order valence-electron chi connectivity index (χ1n) is 6.78. The molecule has 0 bridgehead atoms. The summed E-state index contributed by atoms with van der Waals surface area (Å²) < 4.78 is 10.1. The van der Waals surface area contributed by atoms with E-state index < -0.39 is 5.97 Å². The highest BCUT2D eigenvalue weighted by molar-refractivity contribution is 7.99. The van der Waals surface area contributed by atoms with Gasteiger partial charge in [0.1, 0.15) is 0 Å². The number of benzene rings is 1. The molecule has 0 aromatic heterocycles. The summed E-state index contributed by atoms with van der Waals surface area (Å²) in [5, 5.41) is 0. The van der Waals surface area contributed by atoms with Gasteiger partial charge in [-0.05, 0) is 37.3 Å². The fourth-order valence-electron chi connectivity index (χ4n) is 1.81. The van der Waals surface area contributed by atoms with E-state index in [0.29, 0.717) is 10.5 Å². The molecule has 0 N–H and O–H groups in total. The molecule has 4 nitrogen and oxygen atoms in total. The van der Waals surface area contributed by atoms with Gasteiger partial charge in [-0.25, -0.2) is 4.79 Å². The van der Waals surface area contributed by atoms with Gasteiger partial charge in [-0.2, -0.15) is 0 Å². The van der Waals surface area contributed by atoms with Gasteiger partial charge < -0.3 is 9.47 Å². The Hall–Kier alpha value is -2.27. The third kappa shape index (κ3) is 3.89. The molecule has 5 heteroatoms. The lowest BCUT2D eigenvalue weighted by Gasteiger charge is -2.01. The van der Waals surface area contributed by atoms with Gasteiger partial charge in [0.25, 0.3) is 0 Å². The maximum Gasteiger partial charge on any atom is 0.338 e. The topological polar surface area (TPSA) is 52.6 Å². The monoisotopic (exact) mass is 316 g/mol. The van der Waals surface area contributed by atoms with E-state index in [1.54, 1.807) is 13.0 Å². The smallest absolute Gasteiger partial charge is 0.338 e. The number of hydrogen-bond acceptors (Lipinski definition) is 5. The largest absolute Gasteiger partial charge is 0.493 e. The minimum absolute atomic E-state index is 0.189. The van der Waals surface area contributed by atoms with Crippen molar-refractivity contribution in [3.8, 4) is 5.75 Å². The van der Waals surface area contributed by atoms with Crippen molar-refractivity contribution in [3.05, 3.63) is 64.3 Å². The van der Waals surface area contributed by atoms with Crippen LogP contribution < -0.4 is 10.2 Å². The number of carbonyl (C=O) groups is 1. The van der Waals surface area contributed by atoms with Crippen LogP contribution in [0.2, 0.25) is 0 Å². The van der Waals surface area contributed by atoms with Crippen LogP contribution in [0.4, 0.5) is 0 Å². The molecule has 0 atom stereocenters. The van der Waals surface area contributed by atoms with Gasteiger partial charge in [0.15, 0.2) is 5.75 Å². The number of carbonyl (C=O) groups excluding carboxylic acids is 1. The van der Waals surface area contributed by atoms with Gasteiger partial charge in [0, 0.05) is 4.90 Å². The molecule has 2 rings (SSSR count). The Labute approximate surface area is 133 Å². The number of esters is 1. The van der Waals surface area contributed by atoms with E-state index >= 15 is 0 Å². The molecule has 0 saturated carbocycles. The van der Waals surface area contributed by atoms with Crippen LogP contribution in [0.15, 0.2) is 63.1 Å². The fourth-order valence-corrected chi connectivity index (χ4v) is 2.74. The number of ether oxygens (including phenoxy) is 2. The minimum Gasteiger partial charge on any atom is -0.493 e. The second kappa shape index (κ2) is 7.66. The normalized spacial score (nSPS) is 10.1. The quantitative estimate of drug-likeness (QED) is 0.792. The Bertz CT molecular complexity index is 714. The molecule has 0 fully saturated rings. The Kier molecular flexibility index (Phi) is 5.61. The SMILES string of the molecule is CCOC(=O)c1ccc(OC)c(=O)c(Sc2ccccc2)c1. The van der Waals surface area contributed by atoms with Crippen molar-refractivity contribution in [2.45, 2.75) is 16.7 Å². The Balaban J connectivity index is 2.50. The highest BCUT2D eigenvalue weighted by atomic mass is 32.2. The number of rotatable bonds is 5. The van der Waals surface area contributed by atoms with Crippen LogP contribution in [-0.4, -0.2) is 19.7 Å². The predicted octanol–water partition coefficient (Wildman–Crippen LogP) is 3.38. The summed E-state index contributed by atoms with van der Waals surface area (Å²) in [7, 11) is 1.43. The van der Waals surface area contributed by atoms with Gasteiger partial charge in [0.2, 0.25) is 5.43 Å². The van der Waals surface area contributed by atoms with Crippen molar-refractivity contribution < 1.29 is 14.3 Å². The Morgan fingerprint density at radius 3 is 2.50 bits per heavy atom. The van der Waals surface area contributed by atoms with Crippen LogP contribution in [0.5, 0.6) is 5.75 Å². The zero-order valence-corrected chi connectivity index (χ0v) is 13.2. The lowest BCUT2D eigenvalue weighted by molar-refractivity contribution is 0.0526. The number of hydrogen-bond donors (Lipinski definition) is 0. The molecule has 0 spiro atoms. The first-order chi connectivity index (χ1) is 10.7. The summed E-state index contributed by atoms with van der Waals surface area (Å²) in [6, 6.07) is 14.0. The standard InChI is InChI=1S/C17H16O4S/c1-3-21-17(19)12-9-10-14(20-2)16(18)15(11-12)22-13-7-5-4-6-8-13/h4-11H,3H2,1-2H3. The van der Waals surface area contributed by atoms with Gasteiger partial charge in [0.05, 0.1) is 24.2 Å². The predicted molar refractivity (Wildman–Crippen MR) is 85.8 cm³/mol. The Morgan fingerprint density at radius 1 is 1.14 bits per heavy atom. The van der Waals surface area contributed by atoms with E-state index in [0.717, 1.165) is 4.90 Å². The second-order valence-electron chi connectivity index (χ2n) is 4.33. The van der Waals surface area contributed by atoms with Crippen LogP contribution in [-0.2, 0) is 4.74 Å². The van der Waals surface area contributed by atoms with Gasteiger partial charge in [-0.15, -0.1) is 0 Å². The van der Waals surface area contributed by atoms with Crippen molar-refractivity contribution in [3.63, 3.8) is 0 Å². The molecular weight excluding hydrogens is 300 g/mol. The maximum atomic E-state index is 12.4. The molecule has 114 valence electrons. The zero-order valence-electron chi connectivity index (χ0n) is 12.4. The van der Waals surface area contributed by atoms with E-state index in [2.05, 4.69) is 0 Å². The molecule has 0 heterocycles. The Morgan fingerprint density at radius 2 is 1.86 bits per heavy atom. The van der Waals surface area contributed by atoms with Crippen LogP contribution in [0, 0.1) is 0 Å². The molecule has 2 aromatic rings. The molecule has 0 unspecified atom stereocenters. The lowest BCUT2D eigenvalue weighted by atomic mass is 10.3. The van der Waals surface area contributed by atoms with E-state index in [9.17, 15) is 9.59 Å². The molecule has 2 aromatic carbocycles. The second-order valence-corrected chi connectivity index (χ2v) is 5.45. The van der Waals surface area contributed by atoms with E-state index in [1.165, 1.54) is 31.0 Å². The van der Waals surface area contributed by atoms with Crippen molar-refractivity contribution in [2.24, 2.45) is 0 Å². The van der Waals surface area contributed by atoms with Crippen molar-refractivity contribution >= 4 is 17.7 Å². The highest BCUT2D eigenvalue weighted by Crippen LogP contribution is 2.26. The molecule has 0 saturated heterocycles. The molecule has 0 amide bonds. The number of methoxy groups -OCH3 is 1. The third-order valence-corrected chi connectivity index (χ3v) is 3.88. The summed E-state index contributed by atoms with van der Waals surface area (Å²) in [6.07, 6.45) is 0. The lowest BCUT2D eigenvalue weighted by Crippen LogP contribution is -2.05. The molecule has 0 aliphatic carbocycles. The zero-order chi connectivity index (χ0) is 15.9. The van der Waals surface area contributed by atoms with Crippen molar-refractivity contribution in [1.29, 1.82) is 0 Å². The molecule has 0 radical (unpaired) electrons. The summed E-state index contributed by atoms with van der Waals surface area (Å²) in [5.74, 6) is -0.274. The highest BCUT2D eigenvalue weighted by Gasteiger charge is 2.12. The molecule has 22 heavy (non-hydrogen) atoms. The minimum atomic E-state index is -0.463. The summed E-state index contributed by atoms with van der Waals surface area (Å²) >= 11 is 1.29. The van der Waals surface area contributed by atoms with E-state index in [4.69, 9.17) is 9.47 Å². The average Bonchev–Trinajstić information content (AvgIpc) is 2.68. The summed E-state index contributed by atoms with van der Waals surface area (Å²) in [4.78, 5) is 25.7. The van der Waals surface area contributed by atoms with Gasteiger partial charge in [-0.3, -0.25) is 4.79 Å². The van der Waals surface area contributed by atoms with Crippen molar-refractivity contribution in [2.75, 3.05) is 13.7 Å². The van der Waals surface area contributed by atoms with Crippen LogP contribution in [0.3, 0.4) is 0 Å². The van der Waals surface area contributed by atoms with Crippen LogP contribution in [0.25, 0.3) is 0 Å². The summed E-state index contributed by atoms with van der Waals surface area (Å²) in [5.41, 5.74) is 0.0626. The maximum absolute atomic E-state index is 12.4. The van der Waals surface area contributed by atoms with E-state index in [-0.39, 0.29) is 17.8 Å². The van der Waals surface area contributed by atoms with Gasteiger partial charge in [-0.1, -0.05) is 30.0 Å². The first kappa shape index (κ1) is 16.1. The van der Waals surface area contributed by atoms with Crippen molar-refractivity contribution in [1.82, 2.24) is 0 Å². The first-order valence-corrected chi connectivity index (χ1v) is 7.59. The third-order valence-electron chi connectivity index (χ3n) is 2.85. The van der Waals surface area contributed by atoms with Crippen LogP contribution >= 0.6 is 11.8 Å². The van der Waals surface area contributed by atoms with Crippen LogP contribution in [0.1, 0.15) is 17.3 Å². The average molecular weight is 316 g/mol. The molecular formula is C17H16O4S. The fraction of sp³-hybridized carbons (Fsp3) is 0.176. The molecule has 0 aliphatic heterocycles. The molecule has 0 aliphatic rings. The van der Waals surface area contributed by atoms with Gasteiger partial charge >= 0.3 is 5.97 Å². The summed E-state index contributed by atoms with van der Waals surface area (Å²) in [6.45, 7) is 2.01. The van der Waals surface area contributed by atoms with E-state index in [1.807, 2.05) is 30.3 Å².